The van der Waals surface area contributed by atoms with Crippen molar-refractivity contribution in [3.63, 3.8) is 0 Å². The monoisotopic (exact) mass is 307 g/mol. The van der Waals surface area contributed by atoms with Crippen LogP contribution in [0, 0.1) is 5.41 Å². The summed E-state index contributed by atoms with van der Waals surface area (Å²) in [5, 5.41) is 4.40. The van der Waals surface area contributed by atoms with Gasteiger partial charge in [-0.05, 0) is 23.7 Å². The third-order valence-electron chi connectivity index (χ3n) is 3.54. The van der Waals surface area contributed by atoms with Crippen LogP contribution in [0.3, 0.4) is 0 Å². The van der Waals surface area contributed by atoms with Crippen molar-refractivity contribution in [2.24, 2.45) is 12.5 Å². The first kappa shape index (κ1) is 13.8. The highest BCUT2D eigenvalue weighted by molar-refractivity contribution is 8.00. The van der Waals surface area contributed by atoms with Gasteiger partial charge in [-0.15, -0.1) is 23.1 Å². The van der Waals surface area contributed by atoms with Crippen molar-refractivity contribution in [2.45, 2.75) is 30.9 Å². The number of thiophene rings is 1. The van der Waals surface area contributed by atoms with Gasteiger partial charge in [0.2, 0.25) is 0 Å². The van der Waals surface area contributed by atoms with Gasteiger partial charge in [0.15, 0.2) is 11.6 Å². The molecule has 0 aromatic carbocycles. The maximum atomic E-state index is 12.5. The van der Waals surface area contributed by atoms with Gasteiger partial charge in [-0.25, -0.2) is 4.98 Å². The van der Waals surface area contributed by atoms with Crippen LogP contribution in [0.1, 0.15) is 36.2 Å². The van der Waals surface area contributed by atoms with Crippen molar-refractivity contribution in [1.82, 2.24) is 14.8 Å². The molecular formula is C14H17N3OS2. The molecule has 0 bridgehead atoms. The average molecular weight is 307 g/mol. The van der Waals surface area contributed by atoms with E-state index >= 15 is 0 Å². The van der Waals surface area contributed by atoms with Crippen LogP contribution in [0.25, 0.3) is 10.7 Å². The van der Waals surface area contributed by atoms with E-state index in [0.29, 0.717) is 6.42 Å². The zero-order chi connectivity index (χ0) is 14.5. The zero-order valence-corrected chi connectivity index (χ0v) is 13.7. The molecule has 6 heteroatoms. The second-order valence-corrected chi connectivity index (χ2v) is 8.05. The number of fused-ring (bicyclic) bond motifs is 1. The molecule has 0 N–H and O–H groups in total. The van der Waals surface area contributed by atoms with Crippen LogP contribution in [0.5, 0.6) is 0 Å². The van der Waals surface area contributed by atoms with E-state index in [2.05, 4.69) is 23.9 Å². The number of aromatic nitrogens is 3. The maximum absolute atomic E-state index is 12.5. The first-order chi connectivity index (χ1) is 9.41. The van der Waals surface area contributed by atoms with Crippen molar-refractivity contribution in [3.8, 4) is 10.7 Å². The molecule has 0 radical (unpaired) electrons. The lowest BCUT2D eigenvalue weighted by molar-refractivity contribution is 0.0910. The number of carbonyl (C=O) groups excluding carboxylic acids is 1. The van der Waals surface area contributed by atoms with Crippen LogP contribution in [0.2, 0.25) is 0 Å². The molecule has 0 amide bonds. The number of hydrogen-bond acceptors (Lipinski definition) is 5. The fraction of sp³-hybridized carbons (Fsp3) is 0.500. The van der Waals surface area contributed by atoms with E-state index < -0.39 is 0 Å². The van der Waals surface area contributed by atoms with Gasteiger partial charge in [0.1, 0.15) is 6.33 Å². The lowest BCUT2D eigenvalue weighted by Crippen LogP contribution is -2.26. The third-order valence-corrected chi connectivity index (χ3v) is 5.88. The summed E-state index contributed by atoms with van der Waals surface area (Å²) < 4.78 is 2.80. The van der Waals surface area contributed by atoms with Crippen LogP contribution >= 0.6 is 23.1 Å². The van der Waals surface area contributed by atoms with E-state index in [1.165, 1.54) is 0 Å². The van der Waals surface area contributed by atoms with Crippen LogP contribution in [-0.2, 0) is 13.5 Å². The van der Waals surface area contributed by atoms with Crippen LogP contribution in [-0.4, -0.2) is 26.8 Å². The van der Waals surface area contributed by atoms with E-state index in [-0.39, 0.29) is 11.2 Å². The molecule has 0 unspecified atom stereocenters. The Kier molecular flexibility index (Phi) is 3.25. The number of ketones is 1. The molecule has 0 saturated heterocycles. The minimum atomic E-state index is 0.0182. The summed E-state index contributed by atoms with van der Waals surface area (Å²) in [5.74, 6) is 0.999. The topological polar surface area (TPSA) is 47.8 Å². The largest absolute Gasteiger partial charge is 0.294 e. The SMILES string of the molecule is CSc1sc(-c2ncn(C)n2)c2c1C(=O)CC(C)(C)C2. The predicted octanol–water partition coefficient (Wildman–Crippen LogP) is 3.42. The second-order valence-electron chi connectivity index (χ2n) is 5.96. The lowest BCUT2D eigenvalue weighted by Gasteiger charge is -2.29. The molecule has 2 heterocycles. The van der Waals surface area contributed by atoms with Gasteiger partial charge < -0.3 is 0 Å². The Balaban J connectivity index is 2.20. The molecule has 0 spiro atoms. The number of hydrogen-bond donors (Lipinski definition) is 0. The molecule has 2 aromatic rings. The highest BCUT2D eigenvalue weighted by Crippen LogP contribution is 2.47. The molecular weight excluding hydrogens is 290 g/mol. The molecule has 0 aliphatic heterocycles. The van der Waals surface area contributed by atoms with Gasteiger partial charge >= 0.3 is 0 Å². The predicted molar refractivity (Wildman–Crippen MR) is 82.5 cm³/mol. The normalized spacial score (nSPS) is 17.3. The summed E-state index contributed by atoms with van der Waals surface area (Å²) in [7, 11) is 1.86. The highest BCUT2D eigenvalue weighted by atomic mass is 32.2. The van der Waals surface area contributed by atoms with Crippen molar-refractivity contribution in [3.05, 3.63) is 17.5 Å². The molecule has 1 aliphatic carbocycles. The van der Waals surface area contributed by atoms with Gasteiger partial charge in [-0.1, -0.05) is 13.8 Å². The van der Waals surface area contributed by atoms with E-state index in [4.69, 9.17) is 0 Å². The Hall–Kier alpha value is -1.14. The summed E-state index contributed by atoms with van der Waals surface area (Å²) in [6, 6.07) is 0. The maximum Gasteiger partial charge on any atom is 0.191 e. The van der Waals surface area contributed by atoms with Gasteiger partial charge in [0.25, 0.3) is 0 Å². The Labute approximate surface area is 126 Å². The van der Waals surface area contributed by atoms with Crippen LogP contribution in [0.15, 0.2) is 10.5 Å². The average Bonchev–Trinajstić information content (AvgIpc) is 2.91. The van der Waals surface area contributed by atoms with Gasteiger partial charge in [0.05, 0.1) is 9.09 Å². The van der Waals surface area contributed by atoms with E-state index in [1.54, 1.807) is 34.1 Å². The number of nitrogens with zero attached hydrogens (tertiary/aromatic N) is 3. The Morgan fingerprint density at radius 2 is 2.15 bits per heavy atom. The standard InChI is InChI=1S/C14H17N3OS2/c1-14(2)5-8-10(9(18)6-14)13(19-4)20-11(8)12-15-7-17(3)16-12/h7H,5-6H2,1-4H3. The third kappa shape index (κ3) is 2.20. The van der Waals surface area contributed by atoms with Crippen LogP contribution < -0.4 is 0 Å². The smallest absolute Gasteiger partial charge is 0.191 e. The molecule has 0 fully saturated rings. The Morgan fingerprint density at radius 3 is 2.75 bits per heavy atom. The molecule has 4 nitrogen and oxygen atoms in total. The van der Waals surface area contributed by atoms with Crippen molar-refractivity contribution < 1.29 is 4.79 Å². The first-order valence-corrected chi connectivity index (χ1v) is 8.54. The van der Waals surface area contributed by atoms with Gasteiger partial charge in [-0.2, -0.15) is 5.10 Å². The molecule has 106 valence electrons. The number of thioether (sulfide) groups is 1. The van der Waals surface area contributed by atoms with Crippen molar-refractivity contribution in [2.75, 3.05) is 6.26 Å². The van der Waals surface area contributed by atoms with E-state index in [9.17, 15) is 4.79 Å². The summed E-state index contributed by atoms with van der Waals surface area (Å²) in [5.41, 5.74) is 2.08. The number of carbonyl (C=O) groups is 1. The molecule has 2 aromatic heterocycles. The zero-order valence-electron chi connectivity index (χ0n) is 12.1. The minimum Gasteiger partial charge on any atom is -0.294 e. The fourth-order valence-electron chi connectivity index (χ4n) is 2.72. The number of rotatable bonds is 2. The summed E-state index contributed by atoms with van der Waals surface area (Å²) in [6.45, 7) is 4.31. The van der Waals surface area contributed by atoms with Gasteiger partial charge in [-0.3, -0.25) is 9.48 Å². The van der Waals surface area contributed by atoms with E-state index in [1.807, 2.05) is 13.3 Å². The molecule has 20 heavy (non-hydrogen) atoms. The molecule has 0 saturated carbocycles. The summed E-state index contributed by atoms with van der Waals surface area (Å²) in [4.78, 5) is 17.9. The van der Waals surface area contributed by atoms with Crippen molar-refractivity contribution in [1.29, 1.82) is 0 Å². The first-order valence-electron chi connectivity index (χ1n) is 6.50. The Bertz CT molecular complexity index is 685. The number of Topliss-reactive ketones (excluding diaryl/α,β-unsaturated/α-hetero) is 1. The molecule has 3 rings (SSSR count). The minimum absolute atomic E-state index is 0.0182. The van der Waals surface area contributed by atoms with Crippen LogP contribution in [0.4, 0.5) is 0 Å². The van der Waals surface area contributed by atoms with Crippen molar-refractivity contribution >= 4 is 28.9 Å². The summed E-state index contributed by atoms with van der Waals surface area (Å²) in [6.07, 6.45) is 5.27. The molecule has 0 atom stereocenters. The fourth-order valence-corrected chi connectivity index (χ4v) is 4.76. The quantitative estimate of drug-likeness (QED) is 0.798. The summed E-state index contributed by atoms with van der Waals surface area (Å²) >= 11 is 3.29. The van der Waals surface area contributed by atoms with E-state index in [0.717, 1.165) is 32.5 Å². The van der Waals surface area contributed by atoms with Gasteiger partial charge in [0, 0.05) is 19.0 Å². The molecule has 1 aliphatic rings. The number of aryl methyl sites for hydroxylation is 1. The Morgan fingerprint density at radius 1 is 1.40 bits per heavy atom. The second kappa shape index (κ2) is 4.70. The lowest BCUT2D eigenvalue weighted by atomic mass is 9.74. The highest BCUT2D eigenvalue weighted by Gasteiger charge is 2.36.